The van der Waals surface area contributed by atoms with Gasteiger partial charge in [-0.25, -0.2) is 17.6 Å². The fourth-order valence-corrected chi connectivity index (χ4v) is 4.57. The van der Waals surface area contributed by atoms with Crippen molar-refractivity contribution < 1.29 is 17.6 Å². The van der Waals surface area contributed by atoms with Crippen molar-refractivity contribution in [3.63, 3.8) is 0 Å². The van der Waals surface area contributed by atoms with Gasteiger partial charge in [-0.1, -0.05) is 13.8 Å². The molecule has 1 heterocycles. The van der Waals surface area contributed by atoms with Gasteiger partial charge in [-0.15, -0.1) is 0 Å². The number of amides is 1. The van der Waals surface area contributed by atoms with Gasteiger partial charge in [0.2, 0.25) is 15.7 Å². The summed E-state index contributed by atoms with van der Waals surface area (Å²) in [5.41, 5.74) is 0.639. The third-order valence-corrected chi connectivity index (χ3v) is 6.46. The maximum Gasteiger partial charge on any atom is 0.328 e. The molecular formula is C20H22FN3O4S. The molecule has 0 saturated carbocycles. The molecule has 29 heavy (non-hydrogen) atoms. The predicted molar refractivity (Wildman–Crippen MR) is 108 cm³/mol. The van der Waals surface area contributed by atoms with Crippen LogP contribution in [0.2, 0.25) is 0 Å². The second-order valence-corrected chi connectivity index (χ2v) is 9.26. The molecule has 0 radical (unpaired) electrons. The SMILES string of the molecule is CC(C)CC(=O)Nc1cc2c(cc1S(=O)(=O)c1ccc(F)cc1)n(C)c(=O)n2C. The summed E-state index contributed by atoms with van der Waals surface area (Å²) in [5.74, 6) is -0.817. The molecule has 9 heteroatoms. The molecule has 0 aliphatic heterocycles. The van der Waals surface area contributed by atoms with E-state index in [1.807, 2.05) is 13.8 Å². The summed E-state index contributed by atoms with van der Waals surface area (Å²) in [4.78, 5) is 24.4. The van der Waals surface area contributed by atoms with E-state index in [-0.39, 0.29) is 39.4 Å². The van der Waals surface area contributed by atoms with Crippen LogP contribution in [0.15, 0.2) is 51.0 Å². The minimum atomic E-state index is -4.08. The summed E-state index contributed by atoms with van der Waals surface area (Å²) in [6, 6.07) is 7.28. The Bertz CT molecular complexity index is 1260. The summed E-state index contributed by atoms with van der Waals surface area (Å²) >= 11 is 0. The largest absolute Gasteiger partial charge is 0.328 e. The van der Waals surface area contributed by atoms with E-state index < -0.39 is 15.7 Å². The fourth-order valence-electron chi connectivity index (χ4n) is 3.16. The molecular weight excluding hydrogens is 397 g/mol. The number of aryl methyl sites for hydroxylation is 2. The number of hydrogen-bond donors (Lipinski definition) is 1. The molecule has 2 aromatic carbocycles. The smallest absolute Gasteiger partial charge is 0.325 e. The first-order valence-corrected chi connectivity index (χ1v) is 10.5. The first kappa shape index (κ1) is 20.8. The summed E-state index contributed by atoms with van der Waals surface area (Å²) in [6.07, 6.45) is 0.210. The normalized spacial score (nSPS) is 11.9. The lowest BCUT2D eigenvalue weighted by atomic mass is 10.1. The van der Waals surface area contributed by atoms with E-state index in [0.29, 0.717) is 11.0 Å². The van der Waals surface area contributed by atoms with Crippen molar-refractivity contribution in [1.82, 2.24) is 9.13 Å². The van der Waals surface area contributed by atoms with Crippen molar-refractivity contribution >= 4 is 32.5 Å². The summed E-state index contributed by atoms with van der Waals surface area (Å²) in [6.45, 7) is 3.75. The Morgan fingerprint density at radius 3 is 2.17 bits per heavy atom. The Morgan fingerprint density at radius 2 is 1.62 bits per heavy atom. The lowest BCUT2D eigenvalue weighted by molar-refractivity contribution is -0.116. The second-order valence-electron chi connectivity index (χ2n) is 7.34. The van der Waals surface area contributed by atoms with Crippen LogP contribution in [-0.2, 0) is 28.7 Å². The number of rotatable bonds is 5. The number of carbonyl (C=O) groups excluding carboxylic acids is 1. The number of aromatic nitrogens is 2. The van der Waals surface area contributed by atoms with Crippen LogP contribution in [0.1, 0.15) is 20.3 Å². The van der Waals surface area contributed by atoms with Crippen molar-refractivity contribution in [1.29, 1.82) is 0 Å². The van der Waals surface area contributed by atoms with E-state index >= 15 is 0 Å². The van der Waals surface area contributed by atoms with E-state index in [1.54, 1.807) is 7.05 Å². The highest BCUT2D eigenvalue weighted by atomic mass is 32.2. The van der Waals surface area contributed by atoms with Gasteiger partial charge in [0.1, 0.15) is 5.82 Å². The summed E-state index contributed by atoms with van der Waals surface area (Å²) in [7, 11) is -0.973. The monoisotopic (exact) mass is 419 g/mol. The number of carbonyl (C=O) groups is 1. The van der Waals surface area contributed by atoms with Gasteiger partial charge >= 0.3 is 5.69 Å². The number of anilines is 1. The topological polar surface area (TPSA) is 90.2 Å². The fraction of sp³-hybridized carbons (Fsp3) is 0.300. The van der Waals surface area contributed by atoms with Crippen LogP contribution in [-0.4, -0.2) is 23.5 Å². The molecule has 1 amide bonds. The molecule has 0 atom stereocenters. The molecule has 154 valence electrons. The van der Waals surface area contributed by atoms with E-state index in [9.17, 15) is 22.4 Å². The van der Waals surface area contributed by atoms with Gasteiger partial charge in [-0.05, 0) is 42.3 Å². The lowest BCUT2D eigenvalue weighted by Crippen LogP contribution is -2.19. The first-order valence-electron chi connectivity index (χ1n) is 9.02. The summed E-state index contributed by atoms with van der Waals surface area (Å²) < 4.78 is 42.5. The molecule has 0 fully saturated rings. The molecule has 0 bridgehead atoms. The first-order chi connectivity index (χ1) is 13.5. The highest BCUT2D eigenvalue weighted by molar-refractivity contribution is 7.91. The number of benzene rings is 2. The number of sulfone groups is 1. The van der Waals surface area contributed by atoms with Crippen LogP contribution < -0.4 is 11.0 Å². The zero-order valence-corrected chi connectivity index (χ0v) is 17.4. The maximum atomic E-state index is 13.3. The van der Waals surface area contributed by atoms with Crippen LogP contribution in [0.3, 0.4) is 0 Å². The molecule has 1 aromatic heterocycles. The van der Waals surface area contributed by atoms with Crippen molar-refractivity contribution in [2.75, 3.05) is 5.32 Å². The Balaban J connectivity index is 2.26. The van der Waals surface area contributed by atoms with Gasteiger partial charge in [-0.2, -0.15) is 0 Å². The standard InChI is InChI=1S/C20H22FN3O4S/c1-12(2)9-19(25)22-15-10-16-17(24(4)20(26)23(16)3)11-18(15)29(27,28)14-7-5-13(21)6-8-14/h5-8,10-12H,9H2,1-4H3,(H,22,25). The van der Waals surface area contributed by atoms with Crippen molar-refractivity contribution in [3.05, 3.63) is 52.7 Å². The second kappa shape index (κ2) is 7.47. The van der Waals surface area contributed by atoms with Gasteiger partial charge in [0.25, 0.3) is 0 Å². The van der Waals surface area contributed by atoms with Crippen LogP contribution >= 0.6 is 0 Å². The quantitative estimate of drug-likeness (QED) is 0.644. The van der Waals surface area contributed by atoms with Crippen molar-refractivity contribution in [3.8, 4) is 0 Å². The van der Waals surface area contributed by atoms with Crippen LogP contribution in [0.25, 0.3) is 11.0 Å². The number of nitrogens with one attached hydrogen (secondary N) is 1. The molecule has 0 aliphatic rings. The van der Waals surface area contributed by atoms with Crippen molar-refractivity contribution in [2.24, 2.45) is 20.0 Å². The molecule has 0 saturated heterocycles. The third kappa shape index (κ3) is 3.82. The highest BCUT2D eigenvalue weighted by Gasteiger charge is 2.25. The van der Waals surface area contributed by atoms with Gasteiger partial charge < -0.3 is 5.32 Å². The highest BCUT2D eigenvalue weighted by Crippen LogP contribution is 2.32. The zero-order valence-electron chi connectivity index (χ0n) is 16.6. The van der Waals surface area contributed by atoms with E-state index in [2.05, 4.69) is 5.32 Å². The number of imidazole rings is 1. The molecule has 0 spiro atoms. The average molecular weight is 419 g/mol. The Hall–Kier alpha value is -2.94. The summed E-state index contributed by atoms with van der Waals surface area (Å²) in [5, 5.41) is 2.66. The average Bonchev–Trinajstić information content (AvgIpc) is 2.84. The van der Waals surface area contributed by atoms with Gasteiger partial charge in [0.15, 0.2) is 0 Å². The zero-order chi connectivity index (χ0) is 21.5. The Labute approximate surface area is 167 Å². The van der Waals surface area contributed by atoms with Gasteiger partial charge in [0, 0.05) is 20.5 Å². The molecule has 3 aromatic rings. The van der Waals surface area contributed by atoms with Gasteiger partial charge in [-0.3, -0.25) is 13.9 Å². The van der Waals surface area contributed by atoms with E-state index in [1.165, 1.54) is 40.4 Å². The number of halogens is 1. The number of nitrogens with zero attached hydrogens (tertiary/aromatic N) is 2. The molecule has 0 unspecified atom stereocenters. The van der Waals surface area contributed by atoms with Crippen LogP contribution in [0.5, 0.6) is 0 Å². The minimum absolute atomic E-state index is 0.0775. The number of fused-ring (bicyclic) bond motifs is 1. The molecule has 0 aliphatic carbocycles. The Kier molecular flexibility index (Phi) is 5.36. The Morgan fingerprint density at radius 1 is 1.07 bits per heavy atom. The maximum absolute atomic E-state index is 13.3. The molecule has 3 rings (SSSR count). The van der Waals surface area contributed by atoms with Crippen molar-refractivity contribution in [2.45, 2.75) is 30.1 Å². The lowest BCUT2D eigenvalue weighted by Gasteiger charge is -2.14. The predicted octanol–water partition coefficient (Wildman–Crippen LogP) is 2.83. The number of hydrogen-bond acceptors (Lipinski definition) is 4. The van der Waals surface area contributed by atoms with Crippen LogP contribution in [0.4, 0.5) is 10.1 Å². The third-order valence-electron chi connectivity index (χ3n) is 4.65. The molecule has 7 nitrogen and oxygen atoms in total. The van der Waals surface area contributed by atoms with E-state index in [4.69, 9.17) is 0 Å². The molecule has 1 N–H and O–H groups in total. The minimum Gasteiger partial charge on any atom is -0.325 e. The van der Waals surface area contributed by atoms with E-state index in [0.717, 1.165) is 12.1 Å². The van der Waals surface area contributed by atoms with Gasteiger partial charge in [0.05, 0.1) is 26.5 Å². The van der Waals surface area contributed by atoms with Crippen LogP contribution in [0, 0.1) is 11.7 Å².